The third kappa shape index (κ3) is 3.85. The Morgan fingerprint density at radius 2 is 2.14 bits per heavy atom. The topological polar surface area (TPSA) is 90.9 Å². The van der Waals surface area contributed by atoms with E-state index in [2.05, 4.69) is 10.6 Å². The highest BCUT2D eigenvalue weighted by atomic mass is 16.5. The number of anilines is 1. The van der Waals surface area contributed by atoms with Crippen molar-refractivity contribution in [2.24, 2.45) is 0 Å². The molecule has 7 nitrogen and oxygen atoms in total. The molecule has 1 saturated heterocycles. The summed E-state index contributed by atoms with van der Waals surface area (Å²) in [6.07, 6.45) is 0.872. The number of rotatable bonds is 3. The molecule has 0 unspecified atom stereocenters. The number of hydrogen-bond acceptors (Lipinski definition) is 4. The van der Waals surface area contributed by atoms with Crippen molar-refractivity contribution >= 4 is 17.7 Å². The molecule has 2 amide bonds. The molecule has 3 N–H and O–H groups in total. The normalized spacial score (nSPS) is 15.2. The highest BCUT2D eigenvalue weighted by Crippen LogP contribution is 2.23. The zero-order chi connectivity index (χ0) is 15.2. The van der Waals surface area contributed by atoms with E-state index in [1.165, 1.54) is 19.2 Å². The van der Waals surface area contributed by atoms with Gasteiger partial charge in [0.1, 0.15) is 5.75 Å². The number of carboxylic acid groups (broad SMARTS) is 1. The number of carbonyl (C=O) groups is 2. The molecule has 1 aromatic carbocycles. The molecular weight excluding hydrogens is 274 g/mol. The molecule has 0 spiro atoms. The smallest absolute Gasteiger partial charge is 0.337 e. The van der Waals surface area contributed by atoms with Crippen LogP contribution in [0.1, 0.15) is 16.8 Å². The molecule has 0 atom stereocenters. The van der Waals surface area contributed by atoms with Gasteiger partial charge in [-0.05, 0) is 25.1 Å². The van der Waals surface area contributed by atoms with Gasteiger partial charge in [-0.2, -0.15) is 0 Å². The van der Waals surface area contributed by atoms with Crippen LogP contribution in [0.3, 0.4) is 0 Å². The molecule has 2 rings (SSSR count). The molecule has 21 heavy (non-hydrogen) atoms. The van der Waals surface area contributed by atoms with Gasteiger partial charge in [0.05, 0.1) is 18.4 Å². The van der Waals surface area contributed by atoms with Crippen molar-refractivity contribution in [3.05, 3.63) is 23.8 Å². The zero-order valence-electron chi connectivity index (χ0n) is 11.9. The van der Waals surface area contributed by atoms with E-state index in [1.807, 2.05) is 0 Å². The van der Waals surface area contributed by atoms with Gasteiger partial charge in [0.2, 0.25) is 0 Å². The predicted molar refractivity (Wildman–Crippen MR) is 78.0 cm³/mol. The van der Waals surface area contributed by atoms with Crippen molar-refractivity contribution < 1.29 is 19.4 Å². The summed E-state index contributed by atoms with van der Waals surface area (Å²) in [6, 6.07) is 4.18. The van der Waals surface area contributed by atoms with Crippen LogP contribution in [0.2, 0.25) is 0 Å². The third-order valence-corrected chi connectivity index (χ3v) is 3.33. The molecule has 1 aliphatic rings. The predicted octanol–water partition coefficient (Wildman–Crippen LogP) is 1.22. The fraction of sp³-hybridized carbons (Fsp3) is 0.429. The molecule has 0 aliphatic carbocycles. The van der Waals surface area contributed by atoms with Crippen LogP contribution in [0.25, 0.3) is 0 Å². The summed E-state index contributed by atoms with van der Waals surface area (Å²) in [5, 5.41) is 15.1. The van der Waals surface area contributed by atoms with E-state index in [1.54, 1.807) is 11.0 Å². The largest absolute Gasteiger partial charge is 0.497 e. The van der Waals surface area contributed by atoms with Crippen molar-refractivity contribution in [2.75, 3.05) is 38.6 Å². The minimum absolute atomic E-state index is 0.0390. The van der Waals surface area contributed by atoms with Crippen LogP contribution < -0.4 is 15.4 Å². The molecule has 1 heterocycles. The highest BCUT2D eigenvalue weighted by molar-refractivity contribution is 6.00. The minimum Gasteiger partial charge on any atom is -0.497 e. The van der Waals surface area contributed by atoms with E-state index in [4.69, 9.17) is 4.74 Å². The fourth-order valence-corrected chi connectivity index (χ4v) is 2.18. The van der Waals surface area contributed by atoms with Gasteiger partial charge < -0.3 is 25.4 Å². The molecule has 1 fully saturated rings. The van der Waals surface area contributed by atoms with E-state index < -0.39 is 5.97 Å². The second-order valence-corrected chi connectivity index (χ2v) is 4.74. The summed E-state index contributed by atoms with van der Waals surface area (Å²) in [6.45, 7) is 2.85. The second-order valence-electron chi connectivity index (χ2n) is 4.74. The van der Waals surface area contributed by atoms with Crippen LogP contribution in [0, 0.1) is 0 Å². The average molecular weight is 293 g/mol. The molecule has 114 valence electrons. The zero-order valence-corrected chi connectivity index (χ0v) is 11.9. The van der Waals surface area contributed by atoms with Crippen LogP contribution in [-0.2, 0) is 0 Å². The maximum Gasteiger partial charge on any atom is 0.337 e. The lowest BCUT2D eigenvalue weighted by molar-refractivity contribution is 0.0698. The van der Waals surface area contributed by atoms with Crippen LogP contribution in [0.4, 0.5) is 10.5 Å². The SMILES string of the molecule is COc1ccc(C(=O)O)c(NC(=O)N2CCCNCC2)c1. The van der Waals surface area contributed by atoms with Gasteiger partial charge in [0.15, 0.2) is 0 Å². The molecule has 1 aromatic rings. The summed E-state index contributed by atoms with van der Waals surface area (Å²) in [5.74, 6) is -0.599. The van der Waals surface area contributed by atoms with Crippen molar-refractivity contribution in [3.8, 4) is 5.75 Å². The van der Waals surface area contributed by atoms with Gasteiger partial charge in [0, 0.05) is 25.7 Å². The number of carbonyl (C=O) groups excluding carboxylic acids is 1. The number of nitrogens with zero attached hydrogens (tertiary/aromatic N) is 1. The molecule has 0 radical (unpaired) electrons. The molecule has 0 bridgehead atoms. The number of urea groups is 1. The fourth-order valence-electron chi connectivity index (χ4n) is 2.18. The van der Waals surface area contributed by atoms with Crippen molar-refractivity contribution in [1.29, 1.82) is 0 Å². The Balaban J connectivity index is 2.16. The lowest BCUT2D eigenvalue weighted by Gasteiger charge is -2.21. The van der Waals surface area contributed by atoms with Crippen molar-refractivity contribution in [1.82, 2.24) is 10.2 Å². The maximum absolute atomic E-state index is 12.2. The second kappa shape index (κ2) is 6.94. The highest BCUT2D eigenvalue weighted by Gasteiger charge is 2.18. The Bertz CT molecular complexity index is 525. The minimum atomic E-state index is -1.09. The molecule has 7 heteroatoms. The molecule has 0 saturated carbocycles. The number of ether oxygens (including phenoxy) is 1. The van der Waals surface area contributed by atoms with E-state index in [9.17, 15) is 14.7 Å². The number of hydrogen-bond donors (Lipinski definition) is 3. The number of amides is 2. The van der Waals surface area contributed by atoms with Crippen LogP contribution in [0.15, 0.2) is 18.2 Å². The van der Waals surface area contributed by atoms with Crippen LogP contribution >= 0.6 is 0 Å². The van der Waals surface area contributed by atoms with Gasteiger partial charge >= 0.3 is 12.0 Å². The summed E-state index contributed by atoms with van der Waals surface area (Å²) in [4.78, 5) is 25.1. The van der Waals surface area contributed by atoms with Gasteiger partial charge in [-0.15, -0.1) is 0 Å². The average Bonchev–Trinajstić information content (AvgIpc) is 2.76. The first kappa shape index (κ1) is 15.1. The Kier molecular flexibility index (Phi) is 4.99. The first-order valence-corrected chi connectivity index (χ1v) is 6.80. The number of aromatic carboxylic acids is 1. The Morgan fingerprint density at radius 1 is 1.33 bits per heavy atom. The molecule has 1 aliphatic heterocycles. The lowest BCUT2D eigenvalue weighted by atomic mass is 10.1. The monoisotopic (exact) mass is 293 g/mol. The molecule has 0 aromatic heterocycles. The summed E-state index contributed by atoms with van der Waals surface area (Å²) in [7, 11) is 1.49. The maximum atomic E-state index is 12.2. The summed E-state index contributed by atoms with van der Waals surface area (Å²) >= 11 is 0. The van der Waals surface area contributed by atoms with E-state index in [-0.39, 0.29) is 17.3 Å². The van der Waals surface area contributed by atoms with Gasteiger partial charge in [-0.1, -0.05) is 0 Å². The van der Waals surface area contributed by atoms with E-state index in [0.29, 0.717) is 18.8 Å². The summed E-state index contributed by atoms with van der Waals surface area (Å²) < 4.78 is 5.07. The standard InChI is InChI=1S/C14H19N3O4/c1-21-10-3-4-11(13(18)19)12(9-10)16-14(20)17-7-2-5-15-6-8-17/h3-4,9,15H,2,5-8H2,1H3,(H,16,20)(H,18,19). The Morgan fingerprint density at radius 3 is 2.86 bits per heavy atom. The van der Waals surface area contributed by atoms with Crippen molar-refractivity contribution in [2.45, 2.75) is 6.42 Å². The van der Waals surface area contributed by atoms with E-state index in [0.717, 1.165) is 19.5 Å². The van der Waals surface area contributed by atoms with Crippen molar-refractivity contribution in [3.63, 3.8) is 0 Å². The van der Waals surface area contributed by atoms with Gasteiger partial charge in [-0.25, -0.2) is 9.59 Å². The number of methoxy groups -OCH3 is 1. The number of carboxylic acids is 1. The first-order chi connectivity index (χ1) is 10.1. The quantitative estimate of drug-likeness (QED) is 0.779. The number of nitrogens with one attached hydrogen (secondary N) is 2. The third-order valence-electron chi connectivity index (χ3n) is 3.33. The van der Waals surface area contributed by atoms with Gasteiger partial charge in [-0.3, -0.25) is 0 Å². The Hall–Kier alpha value is -2.28. The Labute approximate surface area is 122 Å². The summed E-state index contributed by atoms with van der Waals surface area (Å²) in [5.41, 5.74) is 0.279. The first-order valence-electron chi connectivity index (χ1n) is 6.80. The molecular formula is C14H19N3O4. The van der Waals surface area contributed by atoms with Gasteiger partial charge in [0.25, 0.3) is 0 Å². The van der Waals surface area contributed by atoms with Crippen LogP contribution in [-0.4, -0.2) is 55.3 Å². The van der Waals surface area contributed by atoms with Crippen LogP contribution in [0.5, 0.6) is 5.75 Å². The van der Waals surface area contributed by atoms with E-state index >= 15 is 0 Å². The lowest BCUT2D eigenvalue weighted by Crippen LogP contribution is -2.37. The number of benzene rings is 1.